The molecule has 0 saturated carbocycles. The predicted molar refractivity (Wildman–Crippen MR) is 152 cm³/mol. The van der Waals surface area contributed by atoms with Crippen LogP contribution >= 0.6 is 23.5 Å². The van der Waals surface area contributed by atoms with E-state index in [0.717, 1.165) is 42.5 Å². The van der Waals surface area contributed by atoms with E-state index in [1.165, 1.54) is 17.3 Å². The van der Waals surface area contributed by atoms with Crippen molar-refractivity contribution in [3.63, 3.8) is 0 Å². The first kappa shape index (κ1) is 31.6. The van der Waals surface area contributed by atoms with Gasteiger partial charge >= 0.3 is 0 Å². The van der Waals surface area contributed by atoms with Crippen LogP contribution in [0.3, 0.4) is 0 Å². The van der Waals surface area contributed by atoms with E-state index in [2.05, 4.69) is 27.7 Å². The van der Waals surface area contributed by atoms with Gasteiger partial charge in [-0.15, -0.1) is 23.5 Å². The van der Waals surface area contributed by atoms with Gasteiger partial charge in [0.1, 0.15) is 11.5 Å². The van der Waals surface area contributed by atoms with E-state index in [1.807, 2.05) is 33.2 Å². The minimum absolute atomic E-state index is 0.228. The lowest BCUT2D eigenvalue weighted by Gasteiger charge is -2.39. The van der Waals surface area contributed by atoms with Crippen LogP contribution in [-0.2, 0) is 16.1 Å². The van der Waals surface area contributed by atoms with Crippen LogP contribution in [0.1, 0.15) is 31.7 Å². The molecule has 2 saturated heterocycles. The molecule has 8 unspecified atom stereocenters. The fourth-order valence-electron chi connectivity index (χ4n) is 5.49. The molecule has 3 rings (SSSR count). The molecular weight excluding hydrogens is 526 g/mol. The summed E-state index contributed by atoms with van der Waals surface area (Å²) in [4.78, 5) is 16.7. The van der Waals surface area contributed by atoms with Crippen molar-refractivity contribution in [3.8, 4) is 0 Å². The highest BCUT2D eigenvalue weighted by Gasteiger charge is 2.45. The lowest BCUT2D eigenvalue weighted by molar-refractivity contribution is -0.129. The number of fused-ring (bicyclic) bond motifs is 1. The molecule has 2 aliphatic heterocycles. The Labute approximate surface area is 235 Å². The molecule has 0 radical (unpaired) electrons. The third-order valence-corrected chi connectivity index (χ3v) is 9.46. The van der Waals surface area contributed by atoms with Gasteiger partial charge in [0.05, 0.1) is 24.9 Å². The zero-order valence-electron chi connectivity index (χ0n) is 22.8. The van der Waals surface area contributed by atoms with Gasteiger partial charge in [-0.1, -0.05) is 25.5 Å². The smallest absolute Gasteiger partial charge is 0.240 e. The van der Waals surface area contributed by atoms with Crippen molar-refractivity contribution >= 4 is 29.4 Å². The fourth-order valence-corrected chi connectivity index (χ4v) is 7.07. The van der Waals surface area contributed by atoms with E-state index in [1.54, 1.807) is 6.26 Å². The molecule has 216 valence electrons. The van der Waals surface area contributed by atoms with Crippen molar-refractivity contribution in [2.24, 2.45) is 11.8 Å². The number of carbonyl (C=O) groups is 1. The van der Waals surface area contributed by atoms with Crippen molar-refractivity contribution in [3.05, 3.63) is 29.8 Å². The summed E-state index contributed by atoms with van der Waals surface area (Å²) in [6.45, 7) is 3.46. The molecule has 9 nitrogen and oxygen atoms in total. The Morgan fingerprint density at radius 2 is 1.92 bits per heavy atom. The standard InChI is InChI=1S/C27H45N3O6S2/c1-16(38-19-10-8-17(9-11-19)14-30(2)3)22(21(20(32)15-31)24(33)27(35)37-4)29-26(34)23-25-18(13-28-23)7-5-6-12-36-25/h8-11,16,18,20-25,27-28,31-33,35H,5-7,12-15H2,1-4H3,(H,29,34)/t16?,18?,20-,21?,22?,23?,24?,25?,27?/m0/s1. The van der Waals surface area contributed by atoms with Gasteiger partial charge in [-0.05, 0) is 56.8 Å². The molecule has 9 atom stereocenters. The Balaban J connectivity index is 1.85. The average molecular weight is 572 g/mol. The van der Waals surface area contributed by atoms with E-state index in [9.17, 15) is 25.2 Å². The summed E-state index contributed by atoms with van der Waals surface area (Å²) in [7, 11) is 4.03. The SMILES string of the molecule is CSC(O)C(O)C(C(NC(=O)C1NCC2CCCCOC21)C(C)Sc1ccc(CN(C)C)cc1)[C@@H](O)CO. The molecule has 2 heterocycles. The number of aliphatic hydroxyl groups is 4. The molecular formula is C27H45N3O6S2. The minimum Gasteiger partial charge on any atom is -0.394 e. The van der Waals surface area contributed by atoms with Crippen molar-refractivity contribution in [1.82, 2.24) is 15.5 Å². The second-order valence-corrected chi connectivity index (χ2v) is 13.1. The number of thioether (sulfide) groups is 2. The minimum atomic E-state index is -1.37. The first-order valence-electron chi connectivity index (χ1n) is 13.4. The van der Waals surface area contributed by atoms with Gasteiger partial charge in [0.25, 0.3) is 0 Å². The Kier molecular flexibility index (Phi) is 12.7. The maximum absolute atomic E-state index is 13.6. The van der Waals surface area contributed by atoms with Crippen LogP contribution in [-0.4, -0.2) is 112 Å². The highest BCUT2D eigenvalue weighted by molar-refractivity contribution is 8.00. The molecule has 0 spiro atoms. The normalized spacial score (nSPS) is 26.6. The molecule has 1 amide bonds. The summed E-state index contributed by atoms with van der Waals surface area (Å²) in [6.07, 6.45) is 1.77. The van der Waals surface area contributed by atoms with Gasteiger partial charge < -0.3 is 40.7 Å². The van der Waals surface area contributed by atoms with E-state index < -0.39 is 42.3 Å². The Morgan fingerprint density at radius 1 is 1.21 bits per heavy atom. The van der Waals surface area contributed by atoms with Crippen LogP contribution < -0.4 is 10.6 Å². The Bertz CT molecular complexity index is 864. The predicted octanol–water partition coefficient (Wildman–Crippen LogP) is 0.882. The number of aliphatic hydroxyl groups excluding tert-OH is 4. The molecule has 0 bridgehead atoms. The number of hydrogen-bond acceptors (Lipinski definition) is 10. The van der Waals surface area contributed by atoms with Crippen LogP contribution in [0.4, 0.5) is 0 Å². The average Bonchev–Trinajstić information content (AvgIpc) is 3.16. The summed E-state index contributed by atoms with van der Waals surface area (Å²) in [5.74, 6) is -1.00. The van der Waals surface area contributed by atoms with Crippen LogP contribution in [0.25, 0.3) is 0 Å². The van der Waals surface area contributed by atoms with E-state index in [0.29, 0.717) is 13.2 Å². The van der Waals surface area contributed by atoms with E-state index in [4.69, 9.17) is 4.74 Å². The Hall–Kier alpha value is -0.890. The summed E-state index contributed by atoms with van der Waals surface area (Å²) in [5.41, 5.74) is -0.0171. The molecule has 6 N–H and O–H groups in total. The van der Waals surface area contributed by atoms with Crippen LogP contribution in [0.15, 0.2) is 29.2 Å². The zero-order chi connectivity index (χ0) is 27.8. The number of carbonyl (C=O) groups excluding carboxylic acids is 1. The van der Waals surface area contributed by atoms with Crippen molar-refractivity contribution in [1.29, 1.82) is 0 Å². The molecule has 2 aliphatic rings. The maximum atomic E-state index is 13.6. The molecule has 0 aliphatic carbocycles. The zero-order valence-corrected chi connectivity index (χ0v) is 24.5. The highest BCUT2D eigenvalue weighted by atomic mass is 32.2. The molecule has 2 fully saturated rings. The van der Waals surface area contributed by atoms with Gasteiger partial charge in [-0.3, -0.25) is 4.79 Å². The Morgan fingerprint density at radius 3 is 2.55 bits per heavy atom. The molecule has 11 heteroatoms. The van der Waals surface area contributed by atoms with Crippen molar-refractivity contribution < 1.29 is 30.0 Å². The summed E-state index contributed by atoms with van der Waals surface area (Å²) in [6, 6.07) is 6.86. The second kappa shape index (κ2) is 15.2. The molecule has 38 heavy (non-hydrogen) atoms. The number of ether oxygens (including phenoxy) is 1. The fraction of sp³-hybridized carbons (Fsp3) is 0.741. The first-order valence-corrected chi connectivity index (χ1v) is 15.6. The monoisotopic (exact) mass is 571 g/mol. The number of benzene rings is 1. The van der Waals surface area contributed by atoms with Gasteiger partial charge in [-0.25, -0.2) is 0 Å². The summed E-state index contributed by atoms with van der Waals surface area (Å²) < 4.78 is 6.06. The number of hydrogen-bond donors (Lipinski definition) is 6. The highest BCUT2D eigenvalue weighted by Crippen LogP contribution is 2.33. The lowest BCUT2D eigenvalue weighted by Crippen LogP contribution is -2.60. The van der Waals surface area contributed by atoms with Gasteiger partial charge in [0.2, 0.25) is 5.91 Å². The molecule has 1 aromatic carbocycles. The topological polar surface area (TPSA) is 135 Å². The van der Waals surface area contributed by atoms with Crippen LogP contribution in [0, 0.1) is 11.8 Å². The maximum Gasteiger partial charge on any atom is 0.240 e. The first-order chi connectivity index (χ1) is 18.2. The van der Waals surface area contributed by atoms with E-state index in [-0.39, 0.29) is 23.2 Å². The van der Waals surface area contributed by atoms with Gasteiger partial charge in [0.15, 0.2) is 0 Å². The number of amides is 1. The number of nitrogens with one attached hydrogen (secondary N) is 2. The van der Waals surface area contributed by atoms with Crippen LogP contribution in [0.2, 0.25) is 0 Å². The van der Waals surface area contributed by atoms with Crippen LogP contribution in [0.5, 0.6) is 0 Å². The summed E-state index contributed by atoms with van der Waals surface area (Å²) in [5, 5.41) is 48.3. The number of nitrogens with zero attached hydrogens (tertiary/aromatic N) is 1. The van der Waals surface area contributed by atoms with Gasteiger partial charge in [0, 0.05) is 41.8 Å². The number of rotatable bonds is 13. The molecule has 0 aromatic heterocycles. The van der Waals surface area contributed by atoms with Crippen molar-refractivity contribution in [2.45, 2.75) is 78.7 Å². The molecule has 1 aromatic rings. The van der Waals surface area contributed by atoms with Crippen molar-refractivity contribution in [2.75, 3.05) is 40.1 Å². The summed E-state index contributed by atoms with van der Waals surface area (Å²) >= 11 is 2.56. The third-order valence-electron chi connectivity index (χ3n) is 7.49. The quantitative estimate of drug-likeness (QED) is 0.150. The lowest BCUT2D eigenvalue weighted by atomic mass is 9.86. The third kappa shape index (κ3) is 8.31. The van der Waals surface area contributed by atoms with E-state index >= 15 is 0 Å². The largest absolute Gasteiger partial charge is 0.394 e. The second-order valence-electron chi connectivity index (χ2n) is 10.7. The van der Waals surface area contributed by atoms with Gasteiger partial charge in [-0.2, -0.15) is 0 Å².